The van der Waals surface area contributed by atoms with Crippen LogP contribution in [0.5, 0.6) is 0 Å². The van der Waals surface area contributed by atoms with E-state index >= 15 is 0 Å². The summed E-state index contributed by atoms with van der Waals surface area (Å²) in [7, 11) is -1.19. The highest BCUT2D eigenvalue weighted by Gasteiger charge is 2.18. The van der Waals surface area contributed by atoms with E-state index in [-0.39, 0.29) is 25.7 Å². The van der Waals surface area contributed by atoms with Gasteiger partial charge in [-0.2, -0.15) is 17.9 Å². The van der Waals surface area contributed by atoms with Gasteiger partial charge in [0.15, 0.2) is 0 Å². The van der Waals surface area contributed by atoms with Gasteiger partial charge >= 0.3 is 0 Å². The second-order valence-electron chi connectivity index (χ2n) is 3.51. The van der Waals surface area contributed by atoms with Crippen LogP contribution in [0.2, 0.25) is 0 Å². The molecule has 0 spiro atoms. The molecule has 0 bridgehead atoms. The minimum Gasteiger partial charge on any atom is -0.244 e. The fraction of sp³-hybridized carbons (Fsp3) is 0.556. The third kappa shape index (κ3) is 6.06. The second-order valence-corrected chi connectivity index (χ2v) is 6.16. The first-order chi connectivity index (χ1) is 6.00. The van der Waals surface area contributed by atoms with Crippen molar-refractivity contribution < 1.29 is 4.21 Å². The standard InChI is InChI=1S/C8H12N2OS2.CH4.H2S/c1-8(2,3)13(11)10-4-7-5-12-6-9-7;;/h4-6H,1-3H3;1H4;1H2/t13-;;/m0../s1. The van der Waals surface area contributed by atoms with E-state index in [0.717, 1.165) is 5.69 Å². The smallest absolute Gasteiger partial charge is 0.144 e. The highest BCUT2D eigenvalue weighted by Crippen LogP contribution is 2.12. The summed E-state index contributed by atoms with van der Waals surface area (Å²) >= 11 is 1.50. The number of hydrogen-bond acceptors (Lipinski definition) is 3. The van der Waals surface area contributed by atoms with Crippen LogP contribution in [-0.4, -0.2) is 20.2 Å². The molecule has 0 unspecified atom stereocenters. The van der Waals surface area contributed by atoms with Crippen LogP contribution in [0.4, 0.5) is 0 Å². The molecular formula is C9H18N2OS3. The van der Waals surface area contributed by atoms with Crippen molar-refractivity contribution in [1.29, 1.82) is 0 Å². The fourth-order valence-corrected chi connectivity index (χ4v) is 1.57. The minimum atomic E-state index is -1.19. The maximum atomic E-state index is 11.4. The predicted octanol–water partition coefficient (Wildman–Crippen LogP) is 2.77. The Morgan fingerprint density at radius 1 is 1.53 bits per heavy atom. The Bertz CT molecular complexity index is 315. The van der Waals surface area contributed by atoms with Gasteiger partial charge in [0, 0.05) is 5.38 Å². The van der Waals surface area contributed by atoms with Crippen LogP contribution < -0.4 is 0 Å². The Kier molecular flexibility index (Phi) is 8.18. The summed E-state index contributed by atoms with van der Waals surface area (Å²) in [4.78, 5) is 4.01. The van der Waals surface area contributed by atoms with Gasteiger partial charge in [-0.15, -0.1) is 11.3 Å². The zero-order valence-electron chi connectivity index (χ0n) is 8.35. The number of hydrogen-bond donors (Lipinski definition) is 0. The molecule has 6 heteroatoms. The molecular weight excluding hydrogens is 248 g/mol. The second kappa shape index (κ2) is 7.14. The molecule has 0 fully saturated rings. The van der Waals surface area contributed by atoms with Gasteiger partial charge in [-0.3, -0.25) is 0 Å². The average molecular weight is 266 g/mol. The molecule has 0 amide bonds. The summed E-state index contributed by atoms with van der Waals surface area (Å²) in [5, 5.41) is 1.86. The summed E-state index contributed by atoms with van der Waals surface area (Å²) in [6, 6.07) is 0. The molecule has 0 saturated heterocycles. The van der Waals surface area contributed by atoms with Crippen molar-refractivity contribution in [3.63, 3.8) is 0 Å². The molecule has 88 valence electrons. The maximum absolute atomic E-state index is 11.4. The molecule has 1 heterocycles. The van der Waals surface area contributed by atoms with E-state index in [1.54, 1.807) is 11.7 Å². The molecule has 1 rings (SSSR count). The molecule has 1 atom stereocenters. The van der Waals surface area contributed by atoms with Gasteiger partial charge < -0.3 is 0 Å². The van der Waals surface area contributed by atoms with Gasteiger partial charge in [-0.25, -0.2) is 9.19 Å². The summed E-state index contributed by atoms with van der Waals surface area (Å²) in [6.45, 7) is 5.67. The lowest BCUT2D eigenvalue weighted by Crippen LogP contribution is -2.19. The van der Waals surface area contributed by atoms with Crippen LogP contribution in [0.15, 0.2) is 15.3 Å². The van der Waals surface area contributed by atoms with Gasteiger partial charge in [-0.05, 0) is 20.8 Å². The Balaban J connectivity index is 0. The summed E-state index contributed by atoms with van der Waals surface area (Å²) < 4.78 is 15.1. The lowest BCUT2D eigenvalue weighted by Gasteiger charge is -2.12. The van der Waals surface area contributed by atoms with E-state index in [9.17, 15) is 4.21 Å². The molecule has 1 aromatic rings. The van der Waals surface area contributed by atoms with Gasteiger partial charge in [0.1, 0.15) is 11.0 Å². The highest BCUT2D eigenvalue weighted by molar-refractivity contribution is 7.85. The molecule has 0 aliphatic rings. The first-order valence-corrected chi connectivity index (χ1v) is 5.89. The first kappa shape index (κ1) is 17.2. The van der Waals surface area contributed by atoms with Crippen LogP contribution >= 0.6 is 24.8 Å². The largest absolute Gasteiger partial charge is 0.244 e. The van der Waals surface area contributed by atoms with Crippen LogP contribution in [0.1, 0.15) is 33.9 Å². The van der Waals surface area contributed by atoms with Crippen LogP contribution in [0, 0.1) is 0 Å². The maximum Gasteiger partial charge on any atom is 0.144 e. The molecule has 3 nitrogen and oxygen atoms in total. The van der Waals surface area contributed by atoms with Crippen LogP contribution in [0.3, 0.4) is 0 Å². The molecule has 15 heavy (non-hydrogen) atoms. The quantitative estimate of drug-likeness (QED) is 0.772. The highest BCUT2D eigenvalue weighted by atomic mass is 32.2. The average Bonchev–Trinajstić information content (AvgIpc) is 2.50. The van der Waals surface area contributed by atoms with Crippen molar-refractivity contribution in [2.45, 2.75) is 32.9 Å². The number of rotatable bonds is 2. The SMILES string of the molecule is C.CC(C)(C)[S@](=O)N=Cc1cscn1.S. The van der Waals surface area contributed by atoms with Gasteiger partial charge in [0.25, 0.3) is 0 Å². The number of thiazole rings is 1. The van der Waals surface area contributed by atoms with Crippen molar-refractivity contribution in [2.75, 3.05) is 0 Å². The van der Waals surface area contributed by atoms with Gasteiger partial charge in [0.2, 0.25) is 0 Å². The van der Waals surface area contributed by atoms with Gasteiger partial charge in [0.05, 0.1) is 22.2 Å². The van der Waals surface area contributed by atoms with Crippen molar-refractivity contribution in [1.82, 2.24) is 4.98 Å². The van der Waals surface area contributed by atoms with E-state index < -0.39 is 11.0 Å². The molecule has 0 aromatic carbocycles. The Morgan fingerprint density at radius 2 is 2.13 bits per heavy atom. The summed E-state index contributed by atoms with van der Waals surface area (Å²) in [5.74, 6) is 0. The molecule has 0 N–H and O–H groups in total. The van der Waals surface area contributed by atoms with E-state index in [2.05, 4.69) is 9.38 Å². The lowest BCUT2D eigenvalue weighted by atomic mass is 10.3. The number of nitrogens with zero attached hydrogens (tertiary/aromatic N) is 2. The predicted molar refractivity (Wildman–Crippen MR) is 74.7 cm³/mol. The van der Waals surface area contributed by atoms with Crippen molar-refractivity contribution in [3.8, 4) is 0 Å². The molecule has 0 saturated carbocycles. The fourth-order valence-electron chi connectivity index (χ4n) is 0.546. The van der Waals surface area contributed by atoms with Crippen molar-refractivity contribution in [2.24, 2.45) is 4.40 Å². The summed E-state index contributed by atoms with van der Waals surface area (Å²) in [6.07, 6.45) is 1.55. The number of aromatic nitrogens is 1. The van der Waals surface area contributed by atoms with E-state index in [1.807, 2.05) is 26.2 Å². The lowest BCUT2D eigenvalue weighted by molar-refractivity contribution is 0.651. The monoisotopic (exact) mass is 266 g/mol. The zero-order valence-corrected chi connectivity index (χ0v) is 11.0. The van der Waals surface area contributed by atoms with Crippen molar-refractivity contribution in [3.05, 3.63) is 16.6 Å². The van der Waals surface area contributed by atoms with E-state index in [0.29, 0.717) is 0 Å². The molecule has 0 aliphatic carbocycles. The Morgan fingerprint density at radius 3 is 2.53 bits per heavy atom. The Hall–Kier alpha value is -0.200. The van der Waals surface area contributed by atoms with Crippen molar-refractivity contribution >= 4 is 42.0 Å². The van der Waals surface area contributed by atoms with E-state index in [4.69, 9.17) is 0 Å². The molecule has 0 aliphatic heterocycles. The van der Waals surface area contributed by atoms with Crippen LogP contribution in [0.25, 0.3) is 0 Å². The third-order valence-electron chi connectivity index (χ3n) is 1.26. The van der Waals surface area contributed by atoms with Gasteiger partial charge in [-0.1, -0.05) is 7.43 Å². The zero-order chi connectivity index (χ0) is 9.90. The molecule has 1 aromatic heterocycles. The normalized spacial score (nSPS) is 13.0. The minimum absolute atomic E-state index is 0. The third-order valence-corrected chi connectivity index (χ3v) is 3.21. The summed E-state index contributed by atoms with van der Waals surface area (Å²) in [5.41, 5.74) is 2.49. The topological polar surface area (TPSA) is 42.3 Å². The first-order valence-electron chi connectivity index (χ1n) is 3.84. The van der Waals surface area contributed by atoms with Crippen LogP contribution in [-0.2, 0) is 11.0 Å². The van der Waals surface area contributed by atoms with E-state index in [1.165, 1.54) is 11.3 Å². The Labute approximate surface area is 105 Å². The molecule has 0 radical (unpaired) electrons.